The maximum Gasteiger partial charge on any atom is 0.127 e. The molecule has 0 heterocycles. The highest BCUT2D eigenvalue weighted by atomic mass is 31.1. The van der Waals surface area contributed by atoms with Crippen LogP contribution in [0.5, 0.6) is 11.5 Å². The van der Waals surface area contributed by atoms with Gasteiger partial charge in [0.25, 0.3) is 0 Å². The second-order valence-electron chi connectivity index (χ2n) is 9.72. The van der Waals surface area contributed by atoms with E-state index in [9.17, 15) is 0 Å². The van der Waals surface area contributed by atoms with E-state index < -0.39 is 15.8 Å². The summed E-state index contributed by atoms with van der Waals surface area (Å²) in [5.41, 5.74) is 2.18. The topological polar surface area (TPSA) is 18.5 Å². The van der Waals surface area contributed by atoms with Gasteiger partial charge in [0, 0.05) is 11.1 Å². The van der Waals surface area contributed by atoms with Crippen LogP contribution in [0.3, 0.4) is 0 Å². The van der Waals surface area contributed by atoms with Gasteiger partial charge in [-0.3, -0.25) is 0 Å². The molecule has 0 aliphatic heterocycles. The summed E-state index contributed by atoms with van der Waals surface area (Å²) in [5.74, 6) is 1.68. The SMILES string of the molecule is COc1cccc(P(c2ccccc2)c2ccccc2)c1-c1c(OC)cccc1P(c1ccccc1)c1ccccc1. The summed E-state index contributed by atoms with van der Waals surface area (Å²) in [6, 6.07) is 56.2. The zero-order valence-corrected chi connectivity index (χ0v) is 25.5. The summed E-state index contributed by atoms with van der Waals surface area (Å²) in [5, 5.41) is 7.64. The summed E-state index contributed by atoms with van der Waals surface area (Å²) < 4.78 is 12.3. The fourth-order valence-corrected chi connectivity index (χ4v) is 10.4. The van der Waals surface area contributed by atoms with Crippen molar-refractivity contribution in [3.63, 3.8) is 0 Å². The standard InChI is InChI=1S/C38H32O2P2/c1-39-33-25-15-27-35(41(29-17-7-3-8-18-29)30-19-9-4-10-20-30)37(33)38-34(40-2)26-16-28-36(38)42(31-21-11-5-12-22-31)32-23-13-6-14-24-32/h3-28H,1-2H3. The molecule has 0 bridgehead atoms. The predicted octanol–water partition coefficient (Wildman–Crippen LogP) is 6.89. The van der Waals surface area contributed by atoms with Crippen LogP contribution in [0.4, 0.5) is 0 Å². The van der Waals surface area contributed by atoms with Gasteiger partial charge in [0.15, 0.2) is 0 Å². The molecule has 0 unspecified atom stereocenters. The summed E-state index contributed by atoms with van der Waals surface area (Å²) in [4.78, 5) is 0. The lowest BCUT2D eigenvalue weighted by Crippen LogP contribution is -2.26. The van der Waals surface area contributed by atoms with Crippen molar-refractivity contribution in [3.05, 3.63) is 158 Å². The van der Waals surface area contributed by atoms with Crippen LogP contribution in [0.2, 0.25) is 0 Å². The molecule has 0 saturated carbocycles. The van der Waals surface area contributed by atoms with E-state index in [2.05, 4.69) is 158 Å². The van der Waals surface area contributed by atoms with Crippen LogP contribution in [0.15, 0.2) is 158 Å². The van der Waals surface area contributed by atoms with Crippen molar-refractivity contribution >= 4 is 47.7 Å². The van der Waals surface area contributed by atoms with Gasteiger partial charge in [0.1, 0.15) is 11.5 Å². The van der Waals surface area contributed by atoms with Crippen LogP contribution in [-0.2, 0) is 0 Å². The smallest absolute Gasteiger partial charge is 0.127 e. The molecule has 0 atom stereocenters. The molecule has 0 spiro atoms. The lowest BCUT2D eigenvalue weighted by molar-refractivity contribution is 0.411. The van der Waals surface area contributed by atoms with E-state index in [1.807, 2.05) is 0 Å². The third kappa shape index (κ3) is 5.62. The van der Waals surface area contributed by atoms with Crippen molar-refractivity contribution in [2.45, 2.75) is 0 Å². The fourth-order valence-electron chi connectivity index (χ4n) is 5.42. The first-order chi connectivity index (χ1) is 20.8. The van der Waals surface area contributed by atoms with Gasteiger partial charge in [-0.15, -0.1) is 0 Å². The van der Waals surface area contributed by atoms with Gasteiger partial charge in [-0.1, -0.05) is 146 Å². The molecule has 0 aromatic heterocycles. The Kier molecular flexibility index (Phi) is 8.76. The van der Waals surface area contributed by atoms with Crippen molar-refractivity contribution in [1.29, 1.82) is 0 Å². The number of benzene rings is 6. The summed E-state index contributed by atoms with van der Waals surface area (Å²) >= 11 is 0. The molecule has 206 valence electrons. The molecule has 0 amide bonds. The molecule has 0 radical (unpaired) electrons. The van der Waals surface area contributed by atoms with E-state index in [0.29, 0.717) is 0 Å². The fraction of sp³-hybridized carbons (Fsp3) is 0.0526. The van der Waals surface area contributed by atoms with E-state index in [1.54, 1.807) is 14.2 Å². The minimum Gasteiger partial charge on any atom is -0.496 e. The third-order valence-electron chi connectivity index (χ3n) is 7.24. The van der Waals surface area contributed by atoms with Crippen molar-refractivity contribution in [3.8, 4) is 22.6 Å². The first kappa shape index (κ1) is 27.9. The van der Waals surface area contributed by atoms with Gasteiger partial charge in [-0.25, -0.2) is 0 Å². The van der Waals surface area contributed by atoms with Crippen molar-refractivity contribution in [1.82, 2.24) is 0 Å². The molecule has 0 saturated heterocycles. The molecule has 4 heteroatoms. The second-order valence-corrected chi connectivity index (χ2v) is 14.1. The summed E-state index contributed by atoms with van der Waals surface area (Å²) in [6.45, 7) is 0. The highest BCUT2D eigenvalue weighted by Crippen LogP contribution is 2.46. The van der Waals surface area contributed by atoms with Crippen LogP contribution in [0.25, 0.3) is 11.1 Å². The average molecular weight is 583 g/mol. The lowest BCUT2D eigenvalue weighted by Gasteiger charge is -2.28. The largest absolute Gasteiger partial charge is 0.496 e. The number of methoxy groups -OCH3 is 2. The molecular weight excluding hydrogens is 550 g/mol. The third-order valence-corrected chi connectivity index (χ3v) is 12.2. The molecule has 6 aromatic rings. The molecule has 6 rings (SSSR count). The van der Waals surface area contributed by atoms with Crippen LogP contribution >= 0.6 is 15.8 Å². The van der Waals surface area contributed by atoms with Crippen LogP contribution in [0.1, 0.15) is 0 Å². The monoisotopic (exact) mass is 582 g/mol. The van der Waals surface area contributed by atoms with Gasteiger partial charge in [0.2, 0.25) is 0 Å². The Balaban J connectivity index is 1.69. The zero-order valence-electron chi connectivity index (χ0n) is 23.7. The molecule has 0 aliphatic carbocycles. The second kappa shape index (κ2) is 13.2. The number of rotatable bonds is 9. The Morgan fingerprint density at radius 2 is 0.619 bits per heavy atom. The molecule has 42 heavy (non-hydrogen) atoms. The normalized spacial score (nSPS) is 11.0. The van der Waals surface area contributed by atoms with Crippen LogP contribution in [-0.4, -0.2) is 14.2 Å². The van der Waals surface area contributed by atoms with Crippen molar-refractivity contribution < 1.29 is 9.47 Å². The molecule has 0 N–H and O–H groups in total. The van der Waals surface area contributed by atoms with Gasteiger partial charge in [0.05, 0.1) is 14.2 Å². The van der Waals surface area contributed by atoms with Crippen LogP contribution in [0, 0.1) is 0 Å². The number of hydrogen-bond donors (Lipinski definition) is 0. The van der Waals surface area contributed by atoms with Gasteiger partial charge in [-0.05, 0) is 59.8 Å². The van der Waals surface area contributed by atoms with Gasteiger partial charge in [-0.2, -0.15) is 0 Å². The zero-order chi connectivity index (χ0) is 28.7. The number of hydrogen-bond acceptors (Lipinski definition) is 2. The number of ether oxygens (including phenoxy) is 2. The first-order valence-electron chi connectivity index (χ1n) is 13.9. The van der Waals surface area contributed by atoms with Gasteiger partial charge < -0.3 is 9.47 Å². The Labute approximate surface area is 251 Å². The van der Waals surface area contributed by atoms with Crippen molar-refractivity contribution in [2.75, 3.05) is 14.2 Å². The maximum atomic E-state index is 6.17. The quantitative estimate of drug-likeness (QED) is 0.173. The Hall–Kier alpha value is -4.22. The molecule has 2 nitrogen and oxygen atoms in total. The van der Waals surface area contributed by atoms with Gasteiger partial charge >= 0.3 is 0 Å². The highest BCUT2D eigenvalue weighted by molar-refractivity contribution is 7.80. The van der Waals surface area contributed by atoms with Crippen molar-refractivity contribution in [2.24, 2.45) is 0 Å². The first-order valence-corrected chi connectivity index (χ1v) is 16.6. The Morgan fingerprint density at radius 3 is 0.881 bits per heavy atom. The Bertz CT molecular complexity index is 1530. The summed E-state index contributed by atoms with van der Waals surface area (Å²) in [7, 11) is 1.74. The minimum atomic E-state index is -0.898. The summed E-state index contributed by atoms with van der Waals surface area (Å²) in [6.07, 6.45) is 0. The predicted molar refractivity (Wildman–Crippen MR) is 182 cm³/mol. The maximum absolute atomic E-state index is 6.17. The molecule has 6 aromatic carbocycles. The van der Waals surface area contributed by atoms with Crippen LogP contribution < -0.4 is 41.3 Å². The van der Waals surface area contributed by atoms with E-state index in [4.69, 9.17) is 9.47 Å². The molecule has 0 fully saturated rings. The van der Waals surface area contributed by atoms with E-state index in [-0.39, 0.29) is 0 Å². The molecular formula is C38H32O2P2. The Morgan fingerprint density at radius 1 is 0.333 bits per heavy atom. The highest BCUT2D eigenvalue weighted by Gasteiger charge is 2.29. The average Bonchev–Trinajstić information content (AvgIpc) is 3.07. The minimum absolute atomic E-state index is 0.841. The van der Waals surface area contributed by atoms with E-state index in [0.717, 1.165) is 22.6 Å². The van der Waals surface area contributed by atoms with E-state index >= 15 is 0 Å². The molecule has 0 aliphatic rings. The lowest BCUT2D eigenvalue weighted by atomic mass is 10.0. The van der Waals surface area contributed by atoms with E-state index in [1.165, 1.54) is 31.8 Å².